The highest BCUT2D eigenvalue weighted by atomic mass is 35.5. The van der Waals surface area contributed by atoms with E-state index in [1.165, 1.54) is 14.2 Å². The number of benzene rings is 1. The fourth-order valence-corrected chi connectivity index (χ4v) is 1.60. The van der Waals surface area contributed by atoms with Crippen molar-refractivity contribution >= 4 is 23.2 Å². The van der Waals surface area contributed by atoms with Gasteiger partial charge < -0.3 is 15.3 Å². The van der Waals surface area contributed by atoms with E-state index in [0.717, 1.165) is 0 Å². The molecular weight excluding hydrogens is 244 g/mol. The summed E-state index contributed by atoms with van der Waals surface area (Å²) in [7, 11) is 2.82. The summed E-state index contributed by atoms with van der Waals surface area (Å²) in [6.07, 6.45) is 0. The number of oxime groups is 1. The third kappa shape index (κ3) is 2.95. The molecule has 1 aromatic carbocycles. The van der Waals surface area contributed by atoms with Crippen LogP contribution in [0.2, 0.25) is 5.02 Å². The summed E-state index contributed by atoms with van der Waals surface area (Å²) >= 11 is 5.93. The van der Waals surface area contributed by atoms with Crippen LogP contribution < -0.4 is 5.32 Å². The number of aliphatic hydroxyl groups excluding tert-OH is 1. The number of amides is 1. The first-order valence-electron chi connectivity index (χ1n) is 4.87. The van der Waals surface area contributed by atoms with Gasteiger partial charge in [0.1, 0.15) is 7.11 Å². The smallest absolute Gasteiger partial charge is 0.273 e. The van der Waals surface area contributed by atoms with E-state index in [1.807, 2.05) is 0 Å². The standard InChI is InChI=1S/C11H13ClN2O3/c1-13-11(16)10(14-17-2)7-4-3-5-9(12)8(7)6-15/h3-5,15H,6H2,1-2H3,(H,13,16). The van der Waals surface area contributed by atoms with Gasteiger partial charge in [-0.3, -0.25) is 4.79 Å². The Bertz CT molecular complexity index is 446. The molecule has 1 rings (SSSR count). The van der Waals surface area contributed by atoms with E-state index >= 15 is 0 Å². The van der Waals surface area contributed by atoms with Crippen molar-refractivity contribution in [2.24, 2.45) is 5.16 Å². The number of carbonyl (C=O) groups is 1. The Morgan fingerprint density at radius 1 is 1.59 bits per heavy atom. The number of hydrogen-bond donors (Lipinski definition) is 2. The number of carbonyl (C=O) groups excluding carboxylic acids is 1. The van der Waals surface area contributed by atoms with Gasteiger partial charge in [-0.2, -0.15) is 0 Å². The maximum Gasteiger partial charge on any atom is 0.273 e. The molecule has 0 aliphatic carbocycles. The lowest BCUT2D eigenvalue weighted by molar-refractivity contribution is -0.114. The van der Waals surface area contributed by atoms with E-state index in [1.54, 1.807) is 18.2 Å². The fraction of sp³-hybridized carbons (Fsp3) is 0.273. The van der Waals surface area contributed by atoms with Crippen LogP contribution in [0.5, 0.6) is 0 Å². The van der Waals surface area contributed by atoms with Crippen LogP contribution in [0.25, 0.3) is 0 Å². The molecule has 0 unspecified atom stereocenters. The van der Waals surface area contributed by atoms with Crippen molar-refractivity contribution in [3.63, 3.8) is 0 Å². The van der Waals surface area contributed by atoms with Gasteiger partial charge in [0.15, 0.2) is 5.71 Å². The maximum atomic E-state index is 11.6. The van der Waals surface area contributed by atoms with Crippen molar-refractivity contribution in [1.29, 1.82) is 0 Å². The van der Waals surface area contributed by atoms with Crippen LogP contribution in [-0.2, 0) is 16.2 Å². The minimum Gasteiger partial charge on any atom is -0.398 e. The molecule has 0 heterocycles. The van der Waals surface area contributed by atoms with Crippen molar-refractivity contribution in [1.82, 2.24) is 5.32 Å². The molecule has 17 heavy (non-hydrogen) atoms. The quantitative estimate of drug-likeness (QED) is 0.622. The average Bonchev–Trinajstić information content (AvgIpc) is 2.34. The van der Waals surface area contributed by atoms with Gasteiger partial charge in [-0.1, -0.05) is 28.9 Å². The predicted molar refractivity (Wildman–Crippen MR) is 65.0 cm³/mol. The monoisotopic (exact) mass is 256 g/mol. The summed E-state index contributed by atoms with van der Waals surface area (Å²) in [5.74, 6) is -0.413. The minimum atomic E-state index is -0.413. The van der Waals surface area contributed by atoms with Crippen LogP contribution in [0.4, 0.5) is 0 Å². The SMILES string of the molecule is CNC(=O)C(=NOC)c1cccc(Cl)c1CO. The number of aliphatic hydroxyl groups is 1. The molecule has 0 atom stereocenters. The molecule has 0 saturated carbocycles. The van der Waals surface area contributed by atoms with E-state index < -0.39 is 5.91 Å². The van der Waals surface area contributed by atoms with Crippen LogP contribution in [0.1, 0.15) is 11.1 Å². The zero-order chi connectivity index (χ0) is 12.8. The highest BCUT2D eigenvalue weighted by Crippen LogP contribution is 2.21. The summed E-state index contributed by atoms with van der Waals surface area (Å²) in [5.41, 5.74) is 0.955. The van der Waals surface area contributed by atoms with Gasteiger partial charge in [-0.05, 0) is 6.07 Å². The summed E-state index contributed by atoms with van der Waals surface area (Å²) in [4.78, 5) is 16.3. The minimum absolute atomic E-state index is 0.0709. The lowest BCUT2D eigenvalue weighted by Crippen LogP contribution is -2.29. The van der Waals surface area contributed by atoms with E-state index in [0.29, 0.717) is 16.1 Å². The Labute approximate surface area is 104 Å². The molecule has 5 nitrogen and oxygen atoms in total. The second kappa shape index (κ2) is 6.22. The summed E-state index contributed by atoms with van der Waals surface area (Å²) < 4.78 is 0. The van der Waals surface area contributed by atoms with Crippen LogP contribution in [0.15, 0.2) is 23.4 Å². The van der Waals surface area contributed by atoms with E-state index in [2.05, 4.69) is 15.3 Å². The average molecular weight is 257 g/mol. The highest BCUT2D eigenvalue weighted by molar-refractivity contribution is 6.46. The van der Waals surface area contributed by atoms with E-state index in [9.17, 15) is 9.90 Å². The molecule has 2 N–H and O–H groups in total. The van der Waals surface area contributed by atoms with Gasteiger partial charge in [-0.15, -0.1) is 0 Å². The molecule has 6 heteroatoms. The normalized spacial score (nSPS) is 11.2. The van der Waals surface area contributed by atoms with Crippen molar-refractivity contribution < 1.29 is 14.7 Å². The van der Waals surface area contributed by atoms with Gasteiger partial charge in [0.05, 0.1) is 6.61 Å². The molecule has 0 aliphatic heterocycles. The summed E-state index contributed by atoms with van der Waals surface area (Å²) in [6.45, 7) is -0.283. The first kappa shape index (κ1) is 13.5. The lowest BCUT2D eigenvalue weighted by Gasteiger charge is -2.10. The number of hydrogen-bond acceptors (Lipinski definition) is 4. The van der Waals surface area contributed by atoms with Gasteiger partial charge in [0.2, 0.25) is 0 Å². The largest absolute Gasteiger partial charge is 0.398 e. The van der Waals surface area contributed by atoms with Crippen LogP contribution >= 0.6 is 11.6 Å². The molecule has 0 spiro atoms. The molecule has 1 aromatic rings. The molecule has 0 aliphatic rings. The van der Waals surface area contributed by atoms with Gasteiger partial charge >= 0.3 is 0 Å². The van der Waals surface area contributed by atoms with Crippen LogP contribution in [0.3, 0.4) is 0 Å². The number of nitrogens with one attached hydrogen (secondary N) is 1. The second-order valence-electron chi connectivity index (χ2n) is 3.13. The highest BCUT2D eigenvalue weighted by Gasteiger charge is 2.18. The van der Waals surface area contributed by atoms with Gasteiger partial charge in [-0.25, -0.2) is 0 Å². The number of likely N-dealkylation sites (N-methyl/N-ethyl adjacent to an activating group) is 1. The third-order valence-electron chi connectivity index (χ3n) is 2.16. The number of rotatable bonds is 4. The Hall–Kier alpha value is -1.59. The molecule has 1 amide bonds. The Morgan fingerprint density at radius 3 is 2.82 bits per heavy atom. The summed E-state index contributed by atoms with van der Waals surface area (Å²) in [5, 5.41) is 15.7. The van der Waals surface area contributed by atoms with Crippen molar-refractivity contribution in [3.8, 4) is 0 Å². The molecule has 0 bridgehead atoms. The Balaban J connectivity index is 3.33. The first-order chi connectivity index (χ1) is 8.15. The van der Waals surface area contributed by atoms with E-state index in [-0.39, 0.29) is 12.3 Å². The number of halogens is 1. The zero-order valence-corrected chi connectivity index (χ0v) is 10.3. The molecule has 92 valence electrons. The molecule has 0 radical (unpaired) electrons. The van der Waals surface area contributed by atoms with Crippen LogP contribution in [-0.4, -0.2) is 30.9 Å². The molecule has 0 saturated heterocycles. The van der Waals surface area contributed by atoms with Crippen molar-refractivity contribution in [2.45, 2.75) is 6.61 Å². The third-order valence-corrected chi connectivity index (χ3v) is 2.51. The molecule has 0 fully saturated rings. The fourth-order valence-electron chi connectivity index (χ4n) is 1.36. The lowest BCUT2D eigenvalue weighted by atomic mass is 10.0. The number of nitrogens with zero attached hydrogens (tertiary/aromatic N) is 1. The Kier molecular flexibility index (Phi) is 4.93. The zero-order valence-electron chi connectivity index (χ0n) is 9.53. The summed E-state index contributed by atoms with van der Waals surface area (Å²) in [6, 6.07) is 4.94. The first-order valence-corrected chi connectivity index (χ1v) is 5.25. The predicted octanol–water partition coefficient (Wildman–Crippen LogP) is 0.929. The maximum absolute atomic E-state index is 11.6. The second-order valence-corrected chi connectivity index (χ2v) is 3.53. The molecule has 0 aromatic heterocycles. The van der Waals surface area contributed by atoms with Crippen LogP contribution in [0, 0.1) is 0 Å². The van der Waals surface area contributed by atoms with E-state index in [4.69, 9.17) is 11.6 Å². The van der Waals surface area contributed by atoms with Crippen molar-refractivity contribution in [3.05, 3.63) is 34.3 Å². The molecular formula is C11H13ClN2O3. The van der Waals surface area contributed by atoms with Crippen molar-refractivity contribution in [2.75, 3.05) is 14.2 Å². The Morgan fingerprint density at radius 2 is 2.29 bits per heavy atom. The van der Waals surface area contributed by atoms with Gasteiger partial charge in [0, 0.05) is 23.2 Å². The van der Waals surface area contributed by atoms with Gasteiger partial charge in [0.25, 0.3) is 5.91 Å². The topological polar surface area (TPSA) is 70.9 Å².